The van der Waals surface area contributed by atoms with Gasteiger partial charge in [0, 0.05) is 50.1 Å². The van der Waals surface area contributed by atoms with Crippen molar-refractivity contribution in [2.45, 2.75) is 19.4 Å². The number of fused-ring (bicyclic) bond motifs is 3. The van der Waals surface area contributed by atoms with Crippen molar-refractivity contribution in [1.29, 1.82) is 0 Å². The van der Waals surface area contributed by atoms with Gasteiger partial charge in [-0.25, -0.2) is 4.98 Å². The van der Waals surface area contributed by atoms with Crippen molar-refractivity contribution in [2.24, 2.45) is 13.0 Å². The van der Waals surface area contributed by atoms with Gasteiger partial charge in [0.2, 0.25) is 5.91 Å². The summed E-state index contributed by atoms with van der Waals surface area (Å²) < 4.78 is 1.83. The number of hydrogen-bond acceptors (Lipinski definition) is 4. The molecule has 1 fully saturated rings. The quantitative estimate of drug-likeness (QED) is 0.912. The summed E-state index contributed by atoms with van der Waals surface area (Å²) in [5, 5.41) is 7.52. The molecule has 21 heavy (non-hydrogen) atoms. The molecule has 1 N–H and O–H groups in total. The molecule has 0 radical (unpaired) electrons. The van der Waals surface area contributed by atoms with Crippen LogP contribution in [0.3, 0.4) is 0 Å². The van der Waals surface area contributed by atoms with E-state index in [9.17, 15) is 4.79 Å². The van der Waals surface area contributed by atoms with Gasteiger partial charge in [0.25, 0.3) is 0 Å². The van der Waals surface area contributed by atoms with Crippen LogP contribution in [0.5, 0.6) is 0 Å². The molecule has 1 aliphatic heterocycles. The van der Waals surface area contributed by atoms with Crippen LogP contribution < -0.4 is 10.2 Å². The molecule has 2 aromatic rings. The molecule has 6 heteroatoms. The lowest BCUT2D eigenvalue weighted by atomic mass is 10.0. The summed E-state index contributed by atoms with van der Waals surface area (Å²) in [5.74, 6) is 0.890. The number of carbonyl (C=O) groups is 1. The van der Waals surface area contributed by atoms with E-state index in [1.807, 2.05) is 31.0 Å². The first-order valence-electron chi connectivity index (χ1n) is 7.17. The first-order chi connectivity index (χ1) is 10.1. The minimum absolute atomic E-state index is 0.0797. The molecule has 6 nitrogen and oxygen atoms in total. The Morgan fingerprint density at radius 1 is 1.38 bits per heavy atom. The van der Waals surface area contributed by atoms with Gasteiger partial charge in [-0.3, -0.25) is 9.48 Å². The summed E-state index contributed by atoms with van der Waals surface area (Å²) in [4.78, 5) is 18.5. The fourth-order valence-electron chi connectivity index (χ4n) is 2.90. The van der Waals surface area contributed by atoms with Crippen LogP contribution in [0.25, 0.3) is 11.3 Å². The monoisotopic (exact) mass is 283 g/mol. The zero-order valence-electron chi connectivity index (χ0n) is 12.1. The van der Waals surface area contributed by atoms with E-state index >= 15 is 0 Å². The van der Waals surface area contributed by atoms with Gasteiger partial charge in [0.1, 0.15) is 0 Å². The first kappa shape index (κ1) is 12.4. The van der Waals surface area contributed by atoms with Crippen LogP contribution in [0.2, 0.25) is 0 Å². The summed E-state index contributed by atoms with van der Waals surface area (Å²) in [6.45, 7) is 0.772. The molecular formula is C15H17N5O. The number of rotatable bonds is 2. The highest BCUT2D eigenvalue weighted by atomic mass is 16.2. The Bertz CT molecular complexity index is 732. The highest BCUT2D eigenvalue weighted by molar-refractivity contribution is 5.99. The van der Waals surface area contributed by atoms with Crippen LogP contribution in [0, 0.1) is 5.92 Å². The van der Waals surface area contributed by atoms with Gasteiger partial charge in [-0.05, 0) is 18.9 Å². The lowest BCUT2D eigenvalue weighted by molar-refractivity contribution is -0.117. The average Bonchev–Trinajstić information content (AvgIpc) is 3.22. The average molecular weight is 283 g/mol. The van der Waals surface area contributed by atoms with E-state index in [1.165, 1.54) is 5.56 Å². The predicted molar refractivity (Wildman–Crippen MR) is 79.9 cm³/mol. The Morgan fingerprint density at radius 3 is 2.95 bits per heavy atom. The highest BCUT2D eigenvalue weighted by Crippen LogP contribution is 2.41. The molecule has 0 atom stereocenters. The third kappa shape index (κ3) is 1.98. The Labute approximate surface area is 122 Å². The fraction of sp³-hybridized carbons (Fsp3) is 0.400. The van der Waals surface area contributed by atoms with Gasteiger partial charge in [0.15, 0.2) is 5.82 Å². The molecule has 1 saturated carbocycles. The number of carbonyl (C=O) groups excluding carboxylic acids is 1. The summed E-state index contributed by atoms with van der Waals surface area (Å²) in [7, 11) is 3.94. The fourth-order valence-corrected chi connectivity index (χ4v) is 2.90. The molecule has 0 unspecified atom stereocenters. The Balaban J connectivity index is 1.80. The summed E-state index contributed by atoms with van der Waals surface area (Å²) in [5.41, 5.74) is 4.16. The normalized spacial score (nSPS) is 16.4. The molecule has 0 saturated heterocycles. The molecule has 2 aliphatic rings. The standard InChI is InChI=1S/C15H17N5O/c1-19-7-10-8-20(2)18-12(10)11-5-6-16-14(13(11)19)17-15(21)9-3-4-9/h5-6,8-9H,3-4,7H2,1-2H3,(H,16,17,21). The van der Waals surface area contributed by atoms with Crippen LogP contribution in [0.15, 0.2) is 18.5 Å². The lowest BCUT2D eigenvalue weighted by Crippen LogP contribution is -2.24. The van der Waals surface area contributed by atoms with Crippen LogP contribution in [-0.4, -0.2) is 27.7 Å². The van der Waals surface area contributed by atoms with Crippen LogP contribution in [0.1, 0.15) is 18.4 Å². The lowest BCUT2D eigenvalue weighted by Gasteiger charge is -2.28. The van der Waals surface area contributed by atoms with Crippen molar-refractivity contribution in [2.75, 3.05) is 17.3 Å². The van der Waals surface area contributed by atoms with Gasteiger partial charge in [-0.15, -0.1) is 0 Å². The van der Waals surface area contributed by atoms with Crippen molar-refractivity contribution in [3.05, 3.63) is 24.0 Å². The van der Waals surface area contributed by atoms with E-state index in [0.29, 0.717) is 5.82 Å². The minimum Gasteiger partial charge on any atom is -0.367 e. The Kier molecular flexibility index (Phi) is 2.54. The van der Waals surface area contributed by atoms with E-state index in [2.05, 4.69) is 20.3 Å². The maximum absolute atomic E-state index is 12.0. The van der Waals surface area contributed by atoms with Gasteiger partial charge in [-0.2, -0.15) is 5.10 Å². The number of nitrogens with zero attached hydrogens (tertiary/aromatic N) is 4. The maximum atomic E-state index is 12.0. The number of amides is 1. The number of nitrogens with one attached hydrogen (secondary N) is 1. The molecule has 108 valence electrons. The van der Waals surface area contributed by atoms with E-state index in [-0.39, 0.29) is 11.8 Å². The molecular weight excluding hydrogens is 266 g/mol. The Morgan fingerprint density at radius 2 is 2.19 bits per heavy atom. The number of anilines is 2. The van der Waals surface area contributed by atoms with E-state index in [1.54, 1.807) is 6.20 Å². The van der Waals surface area contributed by atoms with Crippen molar-refractivity contribution >= 4 is 17.4 Å². The molecule has 3 heterocycles. The molecule has 0 aromatic carbocycles. The molecule has 1 aliphatic carbocycles. The number of aryl methyl sites for hydroxylation is 1. The second-order valence-corrected chi connectivity index (χ2v) is 5.85. The second-order valence-electron chi connectivity index (χ2n) is 5.85. The maximum Gasteiger partial charge on any atom is 0.228 e. The third-order valence-corrected chi connectivity index (χ3v) is 4.06. The second kappa shape index (κ2) is 4.31. The first-order valence-corrected chi connectivity index (χ1v) is 7.17. The molecule has 1 amide bonds. The van der Waals surface area contributed by atoms with Crippen molar-refractivity contribution in [1.82, 2.24) is 14.8 Å². The smallest absolute Gasteiger partial charge is 0.228 e. The largest absolute Gasteiger partial charge is 0.367 e. The number of aromatic nitrogens is 3. The van der Waals surface area contributed by atoms with Gasteiger partial charge < -0.3 is 10.2 Å². The number of pyridine rings is 1. The van der Waals surface area contributed by atoms with Gasteiger partial charge in [0.05, 0.1) is 11.4 Å². The molecule has 2 aromatic heterocycles. The van der Waals surface area contributed by atoms with Crippen LogP contribution in [0.4, 0.5) is 11.5 Å². The zero-order valence-corrected chi connectivity index (χ0v) is 12.1. The number of hydrogen-bond donors (Lipinski definition) is 1. The van der Waals surface area contributed by atoms with Gasteiger partial charge in [-0.1, -0.05) is 0 Å². The van der Waals surface area contributed by atoms with Crippen molar-refractivity contribution in [3.63, 3.8) is 0 Å². The predicted octanol–water partition coefficient (Wildman–Crippen LogP) is 1.78. The van der Waals surface area contributed by atoms with Crippen molar-refractivity contribution < 1.29 is 4.79 Å². The summed E-state index contributed by atoms with van der Waals surface area (Å²) in [6.07, 6.45) is 5.75. The van der Waals surface area contributed by atoms with Gasteiger partial charge >= 0.3 is 0 Å². The van der Waals surface area contributed by atoms with Crippen molar-refractivity contribution in [3.8, 4) is 11.3 Å². The summed E-state index contributed by atoms with van der Waals surface area (Å²) >= 11 is 0. The van der Waals surface area contributed by atoms with Crippen LogP contribution in [-0.2, 0) is 18.4 Å². The molecule has 4 rings (SSSR count). The topological polar surface area (TPSA) is 63.1 Å². The van der Waals surface area contributed by atoms with E-state index < -0.39 is 0 Å². The highest BCUT2D eigenvalue weighted by Gasteiger charge is 2.32. The van der Waals surface area contributed by atoms with E-state index in [0.717, 1.165) is 36.3 Å². The van der Waals surface area contributed by atoms with E-state index in [4.69, 9.17) is 0 Å². The zero-order chi connectivity index (χ0) is 14.6. The molecule has 0 spiro atoms. The SMILES string of the molecule is CN1Cc2cn(C)nc2-c2ccnc(NC(=O)C3CC3)c21. The van der Waals surface area contributed by atoms with Crippen LogP contribution >= 0.6 is 0 Å². The minimum atomic E-state index is 0.0797. The Hall–Kier alpha value is -2.37. The molecule has 0 bridgehead atoms. The third-order valence-electron chi connectivity index (χ3n) is 4.06. The summed E-state index contributed by atoms with van der Waals surface area (Å²) in [6, 6.07) is 1.96.